The van der Waals surface area contributed by atoms with Gasteiger partial charge in [-0.25, -0.2) is 4.79 Å². The minimum atomic E-state index is -0.750. The highest BCUT2D eigenvalue weighted by Crippen LogP contribution is 2.44. The maximum absolute atomic E-state index is 12.4. The summed E-state index contributed by atoms with van der Waals surface area (Å²) in [7, 11) is 0. The molecule has 0 radical (unpaired) electrons. The molecule has 2 aromatic carbocycles. The van der Waals surface area contributed by atoms with Gasteiger partial charge < -0.3 is 14.7 Å². The van der Waals surface area contributed by atoms with Crippen molar-refractivity contribution in [1.29, 1.82) is 0 Å². The van der Waals surface area contributed by atoms with Crippen molar-refractivity contribution < 1.29 is 14.6 Å². The van der Waals surface area contributed by atoms with Crippen LogP contribution in [0.5, 0.6) is 0 Å². The number of carbonyl (C=O) groups is 1. The van der Waals surface area contributed by atoms with Crippen LogP contribution in [0.2, 0.25) is 0 Å². The van der Waals surface area contributed by atoms with E-state index in [2.05, 4.69) is 38.1 Å². The summed E-state index contributed by atoms with van der Waals surface area (Å²) in [4.78, 5) is 14.0. The van der Waals surface area contributed by atoms with Crippen LogP contribution in [0.1, 0.15) is 37.3 Å². The maximum Gasteiger partial charge on any atom is 0.409 e. The Hall–Kier alpha value is -2.33. The monoisotopic (exact) mass is 351 g/mol. The number of aliphatic hydroxyl groups is 1. The van der Waals surface area contributed by atoms with Gasteiger partial charge in [-0.15, -0.1) is 0 Å². The Labute approximate surface area is 154 Å². The van der Waals surface area contributed by atoms with Crippen molar-refractivity contribution in [1.82, 2.24) is 4.90 Å². The van der Waals surface area contributed by atoms with E-state index < -0.39 is 5.60 Å². The van der Waals surface area contributed by atoms with Crippen LogP contribution in [-0.2, 0) is 4.74 Å². The molecule has 1 fully saturated rings. The summed E-state index contributed by atoms with van der Waals surface area (Å²) >= 11 is 0. The molecule has 0 spiro atoms. The third kappa shape index (κ3) is 2.99. The molecular formula is C22H25NO3. The maximum atomic E-state index is 12.4. The number of hydrogen-bond acceptors (Lipinski definition) is 3. The average molecular weight is 351 g/mol. The molecule has 1 heterocycles. The van der Waals surface area contributed by atoms with Crippen LogP contribution < -0.4 is 0 Å². The SMILES string of the molecule is CC(C)CC1(O)CN(C(=O)OCC2c3ccccc3-c3ccccc32)C1. The van der Waals surface area contributed by atoms with Crippen LogP contribution in [-0.4, -0.2) is 41.4 Å². The van der Waals surface area contributed by atoms with Gasteiger partial charge in [0.1, 0.15) is 12.2 Å². The van der Waals surface area contributed by atoms with Crippen molar-refractivity contribution in [3.05, 3.63) is 59.7 Å². The molecule has 0 unspecified atom stereocenters. The zero-order chi connectivity index (χ0) is 18.3. The minimum absolute atomic E-state index is 0.0715. The van der Waals surface area contributed by atoms with E-state index in [-0.39, 0.29) is 12.0 Å². The Balaban J connectivity index is 1.42. The van der Waals surface area contributed by atoms with E-state index in [0.717, 1.165) is 0 Å². The molecule has 26 heavy (non-hydrogen) atoms. The summed E-state index contributed by atoms with van der Waals surface area (Å²) in [5.41, 5.74) is 4.11. The lowest BCUT2D eigenvalue weighted by atomic mass is 9.86. The van der Waals surface area contributed by atoms with Gasteiger partial charge in [0.05, 0.1) is 13.1 Å². The van der Waals surface area contributed by atoms with E-state index in [0.29, 0.717) is 32.0 Å². The molecule has 136 valence electrons. The molecule has 1 amide bonds. The molecule has 1 aliphatic carbocycles. The lowest BCUT2D eigenvalue weighted by Crippen LogP contribution is -2.64. The second-order valence-electron chi connectivity index (χ2n) is 7.98. The summed E-state index contributed by atoms with van der Waals surface area (Å²) in [5, 5.41) is 10.4. The van der Waals surface area contributed by atoms with E-state index in [1.54, 1.807) is 4.90 Å². The first-order valence-corrected chi connectivity index (χ1v) is 9.29. The van der Waals surface area contributed by atoms with Gasteiger partial charge in [0.25, 0.3) is 0 Å². The van der Waals surface area contributed by atoms with Gasteiger partial charge in [-0.2, -0.15) is 0 Å². The van der Waals surface area contributed by atoms with Crippen molar-refractivity contribution in [3.8, 4) is 11.1 Å². The molecule has 4 rings (SSSR count). The van der Waals surface area contributed by atoms with E-state index in [1.165, 1.54) is 22.3 Å². The number of likely N-dealkylation sites (tertiary alicyclic amines) is 1. The fourth-order valence-electron chi connectivity index (χ4n) is 4.37. The number of benzene rings is 2. The average Bonchev–Trinajstić information content (AvgIpc) is 2.91. The standard InChI is InChI=1S/C22H25NO3/c1-15(2)11-22(25)13-23(14-22)21(24)26-12-20-18-9-5-3-7-16(18)17-8-4-6-10-19(17)20/h3-10,15,20,25H,11-14H2,1-2H3. The van der Waals surface area contributed by atoms with Gasteiger partial charge in [0, 0.05) is 5.92 Å². The number of amides is 1. The molecule has 2 aromatic rings. The first-order valence-electron chi connectivity index (χ1n) is 9.29. The molecule has 0 saturated carbocycles. The molecule has 0 aromatic heterocycles. The van der Waals surface area contributed by atoms with Crippen LogP contribution in [0.4, 0.5) is 4.79 Å². The zero-order valence-corrected chi connectivity index (χ0v) is 15.3. The Morgan fingerprint density at radius 1 is 1.12 bits per heavy atom. The Morgan fingerprint density at radius 2 is 1.65 bits per heavy atom. The van der Waals surface area contributed by atoms with Gasteiger partial charge in [-0.1, -0.05) is 62.4 Å². The number of nitrogens with zero attached hydrogens (tertiary/aromatic N) is 1. The molecular weight excluding hydrogens is 326 g/mol. The van der Waals surface area contributed by atoms with Crippen molar-refractivity contribution in [2.24, 2.45) is 5.92 Å². The summed E-state index contributed by atoms with van der Waals surface area (Å²) in [5.74, 6) is 0.479. The fourth-order valence-corrected chi connectivity index (χ4v) is 4.37. The Bertz CT molecular complexity index is 778. The predicted octanol–water partition coefficient (Wildman–Crippen LogP) is 4.03. The van der Waals surface area contributed by atoms with Crippen LogP contribution in [0.25, 0.3) is 11.1 Å². The van der Waals surface area contributed by atoms with E-state index in [1.807, 2.05) is 24.3 Å². The Kier molecular flexibility index (Phi) is 4.23. The van der Waals surface area contributed by atoms with E-state index in [9.17, 15) is 9.90 Å². The highest BCUT2D eigenvalue weighted by molar-refractivity contribution is 5.79. The molecule has 0 atom stereocenters. The second kappa shape index (κ2) is 6.44. The molecule has 1 N–H and O–H groups in total. The number of fused-ring (bicyclic) bond motifs is 3. The fraction of sp³-hybridized carbons (Fsp3) is 0.409. The molecule has 1 saturated heterocycles. The number of carbonyl (C=O) groups excluding carboxylic acids is 1. The van der Waals surface area contributed by atoms with Crippen LogP contribution in [0.15, 0.2) is 48.5 Å². The quantitative estimate of drug-likeness (QED) is 0.905. The smallest absolute Gasteiger partial charge is 0.409 e. The largest absolute Gasteiger partial charge is 0.448 e. The predicted molar refractivity (Wildman–Crippen MR) is 101 cm³/mol. The van der Waals surface area contributed by atoms with Crippen molar-refractivity contribution >= 4 is 6.09 Å². The number of rotatable bonds is 4. The van der Waals surface area contributed by atoms with Gasteiger partial charge in [-0.3, -0.25) is 0 Å². The topological polar surface area (TPSA) is 49.8 Å². The van der Waals surface area contributed by atoms with Crippen molar-refractivity contribution in [2.75, 3.05) is 19.7 Å². The molecule has 0 bridgehead atoms. The zero-order valence-electron chi connectivity index (χ0n) is 15.3. The van der Waals surface area contributed by atoms with Gasteiger partial charge in [-0.05, 0) is 34.6 Å². The highest BCUT2D eigenvalue weighted by atomic mass is 16.6. The van der Waals surface area contributed by atoms with Crippen LogP contribution in [0, 0.1) is 5.92 Å². The summed E-state index contributed by atoms with van der Waals surface area (Å²) in [6.07, 6.45) is 0.375. The van der Waals surface area contributed by atoms with Crippen molar-refractivity contribution in [2.45, 2.75) is 31.8 Å². The third-order valence-electron chi connectivity index (χ3n) is 5.35. The first-order chi connectivity index (χ1) is 12.5. The second-order valence-corrected chi connectivity index (χ2v) is 7.98. The summed E-state index contributed by atoms with van der Waals surface area (Å²) in [6, 6.07) is 16.6. The molecule has 4 heteroatoms. The molecule has 2 aliphatic rings. The minimum Gasteiger partial charge on any atom is -0.448 e. The van der Waals surface area contributed by atoms with E-state index >= 15 is 0 Å². The first kappa shape index (κ1) is 17.1. The lowest BCUT2D eigenvalue weighted by Gasteiger charge is -2.46. The van der Waals surface area contributed by atoms with Gasteiger partial charge in [0.2, 0.25) is 0 Å². The number of β-amino-alcohol motifs (C(OH)–C–C–N with tert-alkyl or cyclic N) is 1. The lowest BCUT2D eigenvalue weighted by molar-refractivity contribution is -0.0997. The van der Waals surface area contributed by atoms with E-state index in [4.69, 9.17) is 4.74 Å². The molecule has 1 aliphatic heterocycles. The van der Waals surface area contributed by atoms with Crippen molar-refractivity contribution in [3.63, 3.8) is 0 Å². The normalized spacial score (nSPS) is 17.6. The third-order valence-corrected chi connectivity index (χ3v) is 5.35. The Morgan fingerprint density at radius 3 is 2.19 bits per heavy atom. The highest BCUT2D eigenvalue weighted by Gasteiger charge is 2.44. The number of ether oxygens (including phenoxy) is 1. The molecule has 4 nitrogen and oxygen atoms in total. The summed E-state index contributed by atoms with van der Waals surface area (Å²) in [6.45, 7) is 5.21. The van der Waals surface area contributed by atoms with Crippen LogP contribution in [0.3, 0.4) is 0 Å². The number of hydrogen-bond donors (Lipinski definition) is 1. The summed E-state index contributed by atoms with van der Waals surface area (Å²) < 4.78 is 5.62. The van der Waals surface area contributed by atoms with Gasteiger partial charge >= 0.3 is 6.09 Å². The van der Waals surface area contributed by atoms with Gasteiger partial charge in [0.15, 0.2) is 0 Å². The van der Waals surface area contributed by atoms with Crippen LogP contribution >= 0.6 is 0 Å².